The number of nitrogens with two attached hydrogens (primary N) is 1. The molecule has 2 N–H and O–H groups in total. The van der Waals surface area contributed by atoms with E-state index in [0.29, 0.717) is 6.61 Å². The van der Waals surface area contributed by atoms with Crippen molar-refractivity contribution in [1.82, 2.24) is 0 Å². The van der Waals surface area contributed by atoms with Gasteiger partial charge < -0.3 is 15.2 Å². The monoisotopic (exact) mass is 349 g/mol. The van der Waals surface area contributed by atoms with Crippen molar-refractivity contribution in [2.75, 3.05) is 7.11 Å². The Kier molecular flexibility index (Phi) is 5.26. The van der Waals surface area contributed by atoms with E-state index >= 15 is 0 Å². The van der Waals surface area contributed by atoms with Crippen molar-refractivity contribution in [3.8, 4) is 11.5 Å². The number of hydrogen-bond donors (Lipinski definition) is 1. The number of aryl methyl sites for hydroxylation is 1. The zero-order chi connectivity index (χ0) is 15.4. The Morgan fingerprint density at radius 2 is 1.86 bits per heavy atom. The maximum atomic E-state index is 6.01. The second-order valence-corrected chi connectivity index (χ2v) is 5.94. The third-order valence-electron chi connectivity index (χ3n) is 3.27. The molecule has 0 saturated carbocycles. The van der Waals surface area contributed by atoms with Gasteiger partial charge in [-0.15, -0.1) is 0 Å². The number of hydrogen-bond acceptors (Lipinski definition) is 3. The van der Waals surface area contributed by atoms with Crippen molar-refractivity contribution in [2.24, 2.45) is 5.73 Å². The molecule has 0 spiro atoms. The van der Waals surface area contributed by atoms with Gasteiger partial charge in [0.15, 0.2) is 0 Å². The zero-order valence-corrected chi connectivity index (χ0v) is 14.1. The van der Waals surface area contributed by atoms with E-state index in [2.05, 4.69) is 28.9 Å². The zero-order valence-electron chi connectivity index (χ0n) is 12.5. The van der Waals surface area contributed by atoms with Crippen LogP contribution >= 0.6 is 15.9 Å². The summed E-state index contributed by atoms with van der Waals surface area (Å²) in [5, 5.41) is 0. The number of methoxy groups -OCH3 is 1. The molecular weight excluding hydrogens is 330 g/mol. The summed E-state index contributed by atoms with van der Waals surface area (Å²) in [7, 11) is 1.65. The molecule has 0 saturated heterocycles. The highest BCUT2D eigenvalue weighted by Crippen LogP contribution is 2.28. The molecule has 0 aliphatic rings. The van der Waals surface area contributed by atoms with Crippen LogP contribution in [0.3, 0.4) is 0 Å². The summed E-state index contributed by atoms with van der Waals surface area (Å²) in [6.07, 6.45) is 0. The topological polar surface area (TPSA) is 44.5 Å². The predicted molar refractivity (Wildman–Crippen MR) is 88.8 cm³/mol. The molecule has 0 aliphatic heterocycles. The van der Waals surface area contributed by atoms with Gasteiger partial charge in [-0.25, -0.2) is 0 Å². The van der Waals surface area contributed by atoms with Gasteiger partial charge in [0.1, 0.15) is 18.1 Å². The van der Waals surface area contributed by atoms with Crippen LogP contribution in [-0.4, -0.2) is 7.11 Å². The minimum absolute atomic E-state index is 0.0532. The summed E-state index contributed by atoms with van der Waals surface area (Å²) in [6, 6.07) is 11.9. The standard InChI is InChI=1S/C17H20BrNO2/c1-11-4-6-16(14(8-11)12(2)19)21-10-13-5-7-17(20-3)15(18)9-13/h4-9,12H,10,19H2,1-3H3. The highest BCUT2D eigenvalue weighted by Gasteiger charge is 2.09. The molecule has 21 heavy (non-hydrogen) atoms. The smallest absolute Gasteiger partial charge is 0.133 e. The number of ether oxygens (including phenoxy) is 2. The molecule has 0 amide bonds. The molecule has 0 heterocycles. The lowest BCUT2D eigenvalue weighted by molar-refractivity contribution is 0.301. The SMILES string of the molecule is COc1ccc(COc2ccc(C)cc2C(C)N)cc1Br. The normalized spacial score (nSPS) is 12.0. The Labute approximate surface area is 134 Å². The average molecular weight is 350 g/mol. The lowest BCUT2D eigenvalue weighted by atomic mass is 10.1. The Morgan fingerprint density at radius 3 is 2.48 bits per heavy atom. The van der Waals surface area contributed by atoms with Crippen LogP contribution in [0, 0.1) is 6.92 Å². The van der Waals surface area contributed by atoms with Crippen LogP contribution in [0.1, 0.15) is 29.7 Å². The lowest BCUT2D eigenvalue weighted by Crippen LogP contribution is -2.08. The largest absolute Gasteiger partial charge is 0.496 e. The van der Waals surface area contributed by atoms with Crippen molar-refractivity contribution >= 4 is 15.9 Å². The minimum Gasteiger partial charge on any atom is -0.496 e. The fourth-order valence-electron chi connectivity index (χ4n) is 2.12. The summed E-state index contributed by atoms with van der Waals surface area (Å²) < 4.78 is 12.1. The van der Waals surface area contributed by atoms with Crippen molar-refractivity contribution in [2.45, 2.75) is 26.5 Å². The van der Waals surface area contributed by atoms with Crippen LogP contribution in [0.5, 0.6) is 11.5 Å². The summed E-state index contributed by atoms with van der Waals surface area (Å²) in [6.45, 7) is 4.51. The first-order valence-corrected chi connectivity index (χ1v) is 7.62. The van der Waals surface area contributed by atoms with Gasteiger partial charge >= 0.3 is 0 Å². The van der Waals surface area contributed by atoms with E-state index < -0.39 is 0 Å². The Morgan fingerprint density at radius 1 is 1.14 bits per heavy atom. The van der Waals surface area contributed by atoms with Crippen molar-refractivity contribution in [1.29, 1.82) is 0 Å². The van der Waals surface area contributed by atoms with Gasteiger partial charge in [0.05, 0.1) is 11.6 Å². The molecule has 1 unspecified atom stereocenters. The summed E-state index contributed by atoms with van der Waals surface area (Å²) in [4.78, 5) is 0. The fraction of sp³-hybridized carbons (Fsp3) is 0.294. The van der Waals surface area contributed by atoms with Crippen LogP contribution in [-0.2, 0) is 6.61 Å². The molecule has 4 heteroatoms. The maximum absolute atomic E-state index is 6.01. The molecule has 0 fully saturated rings. The highest BCUT2D eigenvalue weighted by atomic mass is 79.9. The Bertz CT molecular complexity index is 626. The van der Waals surface area contributed by atoms with Gasteiger partial charge in [-0.1, -0.05) is 23.8 Å². The van der Waals surface area contributed by atoms with Crippen LogP contribution in [0.15, 0.2) is 40.9 Å². The van der Waals surface area contributed by atoms with Crippen LogP contribution in [0.25, 0.3) is 0 Å². The first-order chi connectivity index (χ1) is 10.0. The molecule has 112 valence electrons. The minimum atomic E-state index is -0.0532. The quantitative estimate of drug-likeness (QED) is 0.871. The van der Waals surface area contributed by atoms with Gasteiger partial charge in [0, 0.05) is 11.6 Å². The molecule has 0 aliphatic carbocycles. The molecular formula is C17H20BrNO2. The molecule has 2 rings (SSSR count). The summed E-state index contributed by atoms with van der Waals surface area (Å²) in [5.41, 5.74) is 9.29. The average Bonchev–Trinajstić information content (AvgIpc) is 2.46. The fourth-order valence-corrected chi connectivity index (χ4v) is 2.70. The van der Waals surface area contributed by atoms with E-state index in [-0.39, 0.29) is 6.04 Å². The second kappa shape index (κ2) is 6.96. The van der Waals surface area contributed by atoms with Crippen molar-refractivity contribution < 1.29 is 9.47 Å². The third kappa shape index (κ3) is 3.99. The Hall–Kier alpha value is -1.52. The Balaban J connectivity index is 2.15. The van der Waals surface area contributed by atoms with Crippen LogP contribution < -0.4 is 15.2 Å². The number of benzene rings is 2. The first kappa shape index (κ1) is 15.9. The van der Waals surface area contributed by atoms with E-state index in [4.69, 9.17) is 15.2 Å². The predicted octanol–water partition coefficient (Wildman–Crippen LogP) is 4.36. The molecule has 3 nitrogen and oxygen atoms in total. The van der Waals surface area contributed by atoms with E-state index in [1.807, 2.05) is 37.3 Å². The van der Waals surface area contributed by atoms with Gasteiger partial charge in [0.25, 0.3) is 0 Å². The van der Waals surface area contributed by atoms with Gasteiger partial charge in [-0.3, -0.25) is 0 Å². The van der Waals surface area contributed by atoms with Crippen molar-refractivity contribution in [3.63, 3.8) is 0 Å². The molecule has 0 aromatic heterocycles. The first-order valence-electron chi connectivity index (χ1n) is 6.82. The van der Waals surface area contributed by atoms with E-state index in [0.717, 1.165) is 27.1 Å². The lowest BCUT2D eigenvalue weighted by Gasteiger charge is -2.15. The van der Waals surface area contributed by atoms with Crippen LogP contribution in [0.4, 0.5) is 0 Å². The second-order valence-electron chi connectivity index (χ2n) is 5.09. The molecule has 1 atom stereocenters. The molecule has 2 aromatic rings. The molecule has 0 radical (unpaired) electrons. The summed E-state index contributed by atoms with van der Waals surface area (Å²) in [5.74, 6) is 1.65. The van der Waals surface area contributed by atoms with E-state index in [1.165, 1.54) is 5.56 Å². The maximum Gasteiger partial charge on any atom is 0.133 e. The molecule has 2 aromatic carbocycles. The third-order valence-corrected chi connectivity index (χ3v) is 3.89. The summed E-state index contributed by atoms with van der Waals surface area (Å²) >= 11 is 3.48. The van der Waals surface area contributed by atoms with Crippen LogP contribution in [0.2, 0.25) is 0 Å². The van der Waals surface area contributed by atoms with E-state index in [9.17, 15) is 0 Å². The number of rotatable bonds is 5. The number of halogens is 1. The van der Waals surface area contributed by atoms with Gasteiger partial charge in [0.2, 0.25) is 0 Å². The van der Waals surface area contributed by atoms with Gasteiger partial charge in [-0.05, 0) is 53.5 Å². The van der Waals surface area contributed by atoms with Gasteiger partial charge in [-0.2, -0.15) is 0 Å². The highest BCUT2D eigenvalue weighted by molar-refractivity contribution is 9.10. The molecule has 0 bridgehead atoms. The van der Waals surface area contributed by atoms with E-state index in [1.54, 1.807) is 7.11 Å². The van der Waals surface area contributed by atoms with Crippen molar-refractivity contribution in [3.05, 3.63) is 57.6 Å².